The smallest absolute Gasteiger partial charge is 0.323 e. The van der Waals surface area contributed by atoms with Crippen molar-refractivity contribution in [3.05, 3.63) is 23.8 Å². The zero-order valence-electron chi connectivity index (χ0n) is 22.5. The zero-order valence-corrected chi connectivity index (χ0v) is 22.5. The molecule has 0 amide bonds. The van der Waals surface area contributed by atoms with Crippen LogP contribution in [-0.4, -0.2) is 42.1 Å². The Labute approximate surface area is 214 Å². The summed E-state index contributed by atoms with van der Waals surface area (Å²) in [6, 6.07) is 3.71. The number of nitrogens with two attached hydrogens (primary N) is 1. The third-order valence-corrected chi connectivity index (χ3v) is 5.75. The first kappa shape index (κ1) is 31.1. The van der Waals surface area contributed by atoms with Crippen LogP contribution in [0.4, 0.5) is 0 Å². The molecule has 2 N–H and O–H groups in total. The number of carbonyl (C=O) groups is 4. The molecule has 0 aromatic heterocycles. The lowest BCUT2D eigenvalue weighted by molar-refractivity contribution is -0.164. The second-order valence-electron chi connectivity index (χ2n) is 9.27. The molecule has 1 aromatic rings. The summed E-state index contributed by atoms with van der Waals surface area (Å²) in [5.41, 5.74) is 6.64. The largest absolute Gasteiger partial charge is 0.459 e. The molecule has 0 aliphatic carbocycles. The first-order valence-electron chi connectivity index (χ1n) is 12.6. The minimum Gasteiger partial charge on any atom is -0.459 e. The van der Waals surface area contributed by atoms with E-state index in [-0.39, 0.29) is 29.8 Å². The summed E-state index contributed by atoms with van der Waals surface area (Å²) in [6.45, 7) is 12.0. The summed E-state index contributed by atoms with van der Waals surface area (Å²) in [5.74, 6) is -2.42. The van der Waals surface area contributed by atoms with Crippen molar-refractivity contribution in [2.45, 2.75) is 98.8 Å². The fourth-order valence-electron chi connectivity index (χ4n) is 3.42. The first-order valence-corrected chi connectivity index (χ1v) is 12.6. The van der Waals surface area contributed by atoms with Gasteiger partial charge < -0.3 is 24.7 Å². The Kier molecular flexibility index (Phi) is 13.2. The predicted molar refractivity (Wildman–Crippen MR) is 134 cm³/mol. The highest BCUT2D eigenvalue weighted by Crippen LogP contribution is 2.31. The maximum absolute atomic E-state index is 12.6. The van der Waals surface area contributed by atoms with Crippen LogP contribution in [0.15, 0.2) is 18.2 Å². The number of benzene rings is 1. The maximum Gasteiger partial charge on any atom is 0.323 e. The van der Waals surface area contributed by atoms with E-state index in [1.54, 1.807) is 39.8 Å². The van der Waals surface area contributed by atoms with Gasteiger partial charge in [-0.25, -0.2) is 0 Å². The van der Waals surface area contributed by atoms with Gasteiger partial charge in [0.2, 0.25) is 0 Å². The van der Waals surface area contributed by atoms with Crippen LogP contribution >= 0.6 is 0 Å². The molecule has 5 atom stereocenters. The normalized spacial score (nSPS) is 15.1. The summed E-state index contributed by atoms with van der Waals surface area (Å²) < 4.78 is 21.5. The molecule has 202 valence electrons. The Hall–Kier alpha value is -2.94. The van der Waals surface area contributed by atoms with Gasteiger partial charge in [-0.2, -0.15) is 0 Å². The molecule has 1 rings (SSSR count). The molecule has 2 unspecified atom stereocenters. The molecular formula is C27H41NO8. The van der Waals surface area contributed by atoms with Crippen LogP contribution in [0.5, 0.6) is 11.5 Å². The van der Waals surface area contributed by atoms with E-state index in [2.05, 4.69) is 0 Å². The number of hydrogen-bond acceptors (Lipinski definition) is 9. The average molecular weight is 508 g/mol. The quantitative estimate of drug-likeness (QED) is 0.292. The van der Waals surface area contributed by atoms with E-state index in [1.807, 2.05) is 13.8 Å². The highest BCUT2D eigenvalue weighted by molar-refractivity contribution is 5.79. The Morgan fingerprint density at radius 3 is 1.78 bits per heavy atom. The summed E-state index contributed by atoms with van der Waals surface area (Å²) in [4.78, 5) is 48.7. The molecule has 0 bridgehead atoms. The minimum absolute atomic E-state index is 0.0863. The number of carbonyl (C=O) groups excluding carboxylic acids is 4. The van der Waals surface area contributed by atoms with Gasteiger partial charge in [0.25, 0.3) is 0 Å². The third kappa shape index (κ3) is 10.4. The monoisotopic (exact) mass is 507 g/mol. The molecule has 0 radical (unpaired) electrons. The molecule has 0 saturated carbocycles. The second kappa shape index (κ2) is 15.2. The van der Waals surface area contributed by atoms with E-state index in [9.17, 15) is 19.2 Å². The lowest BCUT2D eigenvalue weighted by Gasteiger charge is -2.22. The summed E-state index contributed by atoms with van der Waals surface area (Å²) >= 11 is 0. The van der Waals surface area contributed by atoms with Crippen molar-refractivity contribution in [3.63, 3.8) is 0 Å². The number of hydrogen-bond donors (Lipinski definition) is 1. The predicted octanol–water partition coefficient (Wildman–Crippen LogP) is 4.12. The molecule has 9 nitrogen and oxygen atoms in total. The van der Waals surface area contributed by atoms with Crippen molar-refractivity contribution in [1.82, 2.24) is 0 Å². The van der Waals surface area contributed by atoms with Gasteiger partial charge in [-0.05, 0) is 50.8 Å². The molecule has 0 saturated heterocycles. The zero-order chi connectivity index (χ0) is 27.4. The van der Waals surface area contributed by atoms with Crippen LogP contribution in [0.1, 0.15) is 79.7 Å². The highest BCUT2D eigenvalue weighted by atomic mass is 16.6. The topological polar surface area (TPSA) is 131 Å². The first-order chi connectivity index (χ1) is 16.9. The fourth-order valence-corrected chi connectivity index (χ4v) is 3.42. The highest BCUT2D eigenvalue weighted by Gasteiger charge is 2.25. The molecule has 36 heavy (non-hydrogen) atoms. The fraction of sp³-hybridized carbons (Fsp3) is 0.630. The van der Waals surface area contributed by atoms with E-state index < -0.39 is 42.1 Å². The minimum atomic E-state index is -1.02. The standard InChI is InChI=1S/C27H41NO8/c1-8-10-16(3)25(30)35-23-13-12-21(15-24(23)36-26(31)17(4)11-9-2)14-22(28)27(32)34-19(6)18(5)33-20(7)29/h12-13,15-19,22H,8-11,14,28H2,1-7H3/t16?,17?,18-,19-,22-/m0/s1. The Bertz CT molecular complexity index is 900. The SMILES string of the molecule is CCCC(C)C(=O)Oc1ccc(C[C@H](N)C(=O)O[C@@H](C)[C@H](C)OC(C)=O)cc1OC(=O)C(C)CCC. The molecular weight excluding hydrogens is 466 g/mol. The van der Waals surface area contributed by atoms with E-state index in [0.29, 0.717) is 18.4 Å². The molecule has 1 aromatic carbocycles. The van der Waals surface area contributed by atoms with E-state index in [1.165, 1.54) is 13.0 Å². The lowest BCUT2D eigenvalue weighted by Crippen LogP contribution is -2.39. The van der Waals surface area contributed by atoms with Gasteiger partial charge in [-0.3, -0.25) is 19.2 Å². The van der Waals surface area contributed by atoms with E-state index in [4.69, 9.17) is 24.7 Å². The van der Waals surface area contributed by atoms with Gasteiger partial charge in [-0.1, -0.05) is 46.6 Å². The van der Waals surface area contributed by atoms with Gasteiger partial charge >= 0.3 is 23.9 Å². The van der Waals surface area contributed by atoms with Crippen LogP contribution in [0, 0.1) is 11.8 Å². The summed E-state index contributed by atoms with van der Waals surface area (Å²) in [5, 5.41) is 0. The number of ether oxygens (including phenoxy) is 4. The summed E-state index contributed by atoms with van der Waals surface area (Å²) in [7, 11) is 0. The van der Waals surface area contributed by atoms with Gasteiger partial charge in [0.05, 0.1) is 11.8 Å². The van der Waals surface area contributed by atoms with E-state index in [0.717, 1.165) is 12.8 Å². The molecule has 0 aliphatic heterocycles. The van der Waals surface area contributed by atoms with Crippen molar-refractivity contribution in [1.29, 1.82) is 0 Å². The molecule has 0 spiro atoms. The van der Waals surface area contributed by atoms with Crippen LogP contribution in [0.25, 0.3) is 0 Å². The number of rotatable bonds is 14. The van der Waals surface area contributed by atoms with E-state index >= 15 is 0 Å². The van der Waals surface area contributed by atoms with Crippen molar-refractivity contribution >= 4 is 23.9 Å². The van der Waals surface area contributed by atoms with Crippen molar-refractivity contribution in [2.24, 2.45) is 17.6 Å². The molecule has 9 heteroatoms. The van der Waals surface area contributed by atoms with Crippen LogP contribution in [0.2, 0.25) is 0 Å². The number of esters is 4. The third-order valence-electron chi connectivity index (χ3n) is 5.75. The van der Waals surface area contributed by atoms with Gasteiger partial charge in [0.1, 0.15) is 18.2 Å². The Morgan fingerprint density at radius 1 is 0.778 bits per heavy atom. The van der Waals surface area contributed by atoms with Crippen molar-refractivity contribution in [2.75, 3.05) is 0 Å². The van der Waals surface area contributed by atoms with Crippen LogP contribution in [0.3, 0.4) is 0 Å². The van der Waals surface area contributed by atoms with Gasteiger partial charge in [-0.15, -0.1) is 0 Å². The van der Waals surface area contributed by atoms with Gasteiger partial charge in [0, 0.05) is 6.92 Å². The van der Waals surface area contributed by atoms with Crippen LogP contribution in [-0.2, 0) is 35.1 Å². The lowest BCUT2D eigenvalue weighted by atomic mass is 10.0. The molecule has 0 heterocycles. The molecule has 0 aliphatic rings. The van der Waals surface area contributed by atoms with Gasteiger partial charge in [0.15, 0.2) is 11.5 Å². The molecule has 0 fully saturated rings. The van der Waals surface area contributed by atoms with Crippen LogP contribution < -0.4 is 15.2 Å². The summed E-state index contributed by atoms with van der Waals surface area (Å²) in [6.07, 6.45) is 1.75. The Morgan fingerprint density at radius 2 is 1.28 bits per heavy atom. The Balaban J connectivity index is 3.04. The van der Waals surface area contributed by atoms with Crippen molar-refractivity contribution < 1.29 is 38.1 Å². The second-order valence-corrected chi connectivity index (χ2v) is 9.27. The van der Waals surface area contributed by atoms with Crippen molar-refractivity contribution in [3.8, 4) is 11.5 Å². The average Bonchev–Trinajstić information content (AvgIpc) is 2.80. The maximum atomic E-state index is 12.6.